The molecule has 0 radical (unpaired) electrons. The number of benzene rings is 1. The number of ether oxygens (including phenoxy) is 1. The monoisotopic (exact) mass is 592 g/mol. The molecule has 0 bridgehead atoms. The van der Waals surface area contributed by atoms with Crippen molar-refractivity contribution >= 4 is 76.4 Å². The summed E-state index contributed by atoms with van der Waals surface area (Å²) in [6.07, 6.45) is 0.552. The predicted octanol–water partition coefficient (Wildman–Crippen LogP) is 1.77. The van der Waals surface area contributed by atoms with Gasteiger partial charge in [0.1, 0.15) is 10.8 Å². The molecule has 1 fully saturated rings. The summed E-state index contributed by atoms with van der Waals surface area (Å²) in [4.78, 5) is 29.3. The maximum atomic E-state index is 13.0. The van der Waals surface area contributed by atoms with E-state index in [1.807, 2.05) is 0 Å². The Morgan fingerprint density at radius 2 is 1.83 bits per heavy atom. The van der Waals surface area contributed by atoms with Crippen molar-refractivity contribution in [3.8, 4) is 0 Å². The average Bonchev–Trinajstić information content (AvgIpc) is 3.42. The molecule has 0 spiro atoms. The minimum atomic E-state index is -3.95. The molecule has 3 aromatic rings. The highest BCUT2D eigenvalue weighted by atomic mass is 35.5. The summed E-state index contributed by atoms with van der Waals surface area (Å²) >= 11 is 7.88. The summed E-state index contributed by atoms with van der Waals surface area (Å²) in [5.74, 6) is -1.55. The lowest BCUT2D eigenvalue weighted by atomic mass is 9.98. The number of piperidine rings is 1. The minimum Gasteiger partial charge on any atom is -0.468 e. The molecule has 2 N–H and O–H groups in total. The van der Waals surface area contributed by atoms with Crippen LogP contribution in [0.25, 0.3) is 10.2 Å². The van der Waals surface area contributed by atoms with Gasteiger partial charge in [0.25, 0.3) is 15.9 Å². The van der Waals surface area contributed by atoms with Gasteiger partial charge in [-0.25, -0.2) is 22.0 Å². The lowest BCUT2D eigenvalue weighted by molar-refractivity contribution is -0.141. The molecule has 0 saturated carbocycles. The largest absolute Gasteiger partial charge is 0.468 e. The molecule has 1 aliphatic rings. The number of primary sulfonamides is 1. The van der Waals surface area contributed by atoms with Gasteiger partial charge in [-0.2, -0.15) is 9.30 Å². The SMILES string of the molecule is COC(=O)Cn1c(=NC(=O)C2CCN(S(=O)(=O)c3ccc(Cl)s3)CC2)sc2cc(S(N)(=O)=O)ccc21. The standard InChI is InChI=1S/C20H21ClN4O7S4/c1-32-17(26)11-25-14-3-2-13(35(22,28)29)10-15(14)33-20(25)23-19(27)12-6-8-24(9-7-12)36(30,31)18-5-4-16(21)34-18/h2-5,10,12H,6-9,11H2,1H3,(H2,22,28,29). The van der Waals surface area contributed by atoms with Gasteiger partial charge in [-0.05, 0) is 43.2 Å². The van der Waals surface area contributed by atoms with Crippen molar-refractivity contribution in [3.63, 3.8) is 0 Å². The third kappa shape index (κ3) is 5.56. The Hall–Kier alpha value is -2.14. The van der Waals surface area contributed by atoms with Crippen LogP contribution in [0.2, 0.25) is 4.34 Å². The number of halogens is 1. The van der Waals surface area contributed by atoms with E-state index in [-0.39, 0.29) is 46.4 Å². The summed E-state index contributed by atoms with van der Waals surface area (Å²) in [6.45, 7) is 0.0591. The Morgan fingerprint density at radius 1 is 1.14 bits per heavy atom. The van der Waals surface area contributed by atoms with E-state index in [1.165, 1.54) is 46.3 Å². The van der Waals surface area contributed by atoms with Gasteiger partial charge in [0, 0.05) is 19.0 Å². The third-order valence-corrected chi connectivity index (χ3v) is 11.2. The van der Waals surface area contributed by atoms with E-state index in [4.69, 9.17) is 21.5 Å². The second kappa shape index (κ2) is 10.3. The zero-order chi connectivity index (χ0) is 26.3. The fourth-order valence-corrected chi connectivity index (χ4v) is 8.55. The molecule has 1 aromatic carbocycles. The number of sulfonamides is 2. The first-order chi connectivity index (χ1) is 16.9. The fourth-order valence-electron chi connectivity index (χ4n) is 3.75. The number of esters is 1. The number of carbonyl (C=O) groups is 2. The van der Waals surface area contributed by atoms with Gasteiger partial charge < -0.3 is 9.30 Å². The van der Waals surface area contributed by atoms with Crippen LogP contribution in [-0.4, -0.2) is 57.8 Å². The lowest BCUT2D eigenvalue weighted by Gasteiger charge is -2.29. The Bertz CT molecular complexity index is 1610. The Balaban J connectivity index is 1.60. The summed E-state index contributed by atoms with van der Waals surface area (Å²) < 4.78 is 57.6. The van der Waals surface area contributed by atoms with E-state index in [2.05, 4.69) is 4.99 Å². The molecule has 0 unspecified atom stereocenters. The molecular formula is C20H21ClN4O7S4. The molecule has 194 valence electrons. The van der Waals surface area contributed by atoms with Crippen LogP contribution >= 0.6 is 34.3 Å². The zero-order valence-electron chi connectivity index (χ0n) is 18.8. The summed E-state index contributed by atoms with van der Waals surface area (Å²) in [5.41, 5.74) is 0.486. The predicted molar refractivity (Wildman–Crippen MR) is 135 cm³/mol. The number of hydrogen-bond donors (Lipinski definition) is 1. The molecular weight excluding hydrogens is 572 g/mol. The average molecular weight is 593 g/mol. The van der Waals surface area contributed by atoms with Crippen molar-refractivity contribution in [2.75, 3.05) is 20.2 Å². The molecule has 36 heavy (non-hydrogen) atoms. The highest BCUT2D eigenvalue weighted by Crippen LogP contribution is 2.31. The number of fused-ring (bicyclic) bond motifs is 1. The first kappa shape index (κ1) is 26.9. The maximum absolute atomic E-state index is 13.0. The van der Waals surface area contributed by atoms with Gasteiger partial charge in [-0.15, -0.1) is 11.3 Å². The number of hydrogen-bond acceptors (Lipinski definition) is 9. The second-order valence-corrected chi connectivity index (χ2v) is 14.4. The Morgan fingerprint density at radius 3 is 2.42 bits per heavy atom. The van der Waals surface area contributed by atoms with Crippen LogP contribution in [0.5, 0.6) is 0 Å². The Kier molecular flexibility index (Phi) is 7.71. The second-order valence-electron chi connectivity index (χ2n) is 7.91. The number of thiophene rings is 1. The number of methoxy groups -OCH3 is 1. The summed E-state index contributed by atoms with van der Waals surface area (Å²) in [6, 6.07) is 7.12. The minimum absolute atomic E-state index is 0.111. The van der Waals surface area contributed by atoms with Crippen LogP contribution < -0.4 is 9.94 Å². The third-order valence-electron chi connectivity index (χ3n) is 5.65. The number of aromatic nitrogens is 1. The van der Waals surface area contributed by atoms with E-state index in [0.717, 1.165) is 22.7 Å². The van der Waals surface area contributed by atoms with Crippen molar-refractivity contribution < 1.29 is 31.2 Å². The molecule has 2 aromatic heterocycles. The zero-order valence-corrected chi connectivity index (χ0v) is 22.8. The summed E-state index contributed by atoms with van der Waals surface area (Å²) in [5, 5.41) is 5.22. The molecule has 16 heteroatoms. The fraction of sp³-hybridized carbons (Fsp3) is 0.350. The van der Waals surface area contributed by atoms with Crippen molar-refractivity contribution in [2.24, 2.45) is 16.0 Å². The van der Waals surface area contributed by atoms with Gasteiger partial charge in [0.05, 0.1) is 26.6 Å². The molecule has 0 aliphatic carbocycles. The van der Waals surface area contributed by atoms with Crippen molar-refractivity contribution in [1.29, 1.82) is 0 Å². The molecule has 1 aliphatic heterocycles. The van der Waals surface area contributed by atoms with Crippen LogP contribution in [0.4, 0.5) is 0 Å². The van der Waals surface area contributed by atoms with E-state index in [0.29, 0.717) is 14.6 Å². The molecule has 3 heterocycles. The van der Waals surface area contributed by atoms with Gasteiger partial charge in [-0.1, -0.05) is 22.9 Å². The molecule has 1 saturated heterocycles. The number of nitrogens with zero attached hydrogens (tertiary/aromatic N) is 3. The quantitative estimate of drug-likeness (QED) is 0.427. The van der Waals surface area contributed by atoms with Crippen molar-refractivity contribution in [3.05, 3.63) is 39.5 Å². The van der Waals surface area contributed by atoms with Crippen LogP contribution in [0.1, 0.15) is 12.8 Å². The van der Waals surface area contributed by atoms with E-state index in [9.17, 15) is 26.4 Å². The van der Waals surface area contributed by atoms with E-state index < -0.39 is 37.8 Å². The first-order valence-electron chi connectivity index (χ1n) is 10.5. The Labute approximate surface area is 219 Å². The molecule has 11 nitrogen and oxygen atoms in total. The maximum Gasteiger partial charge on any atom is 0.325 e. The van der Waals surface area contributed by atoms with Crippen LogP contribution in [0.3, 0.4) is 0 Å². The topological polar surface area (TPSA) is 158 Å². The molecule has 0 atom stereocenters. The van der Waals surface area contributed by atoms with E-state index in [1.54, 1.807) is 0 Å². The van der Waals surface area contributed by atoms with E-state index >= 15 is 0 Å². The number of amides is 1. The smallest absolute Gasteiger partial charge is 0.325 e. The molecule has 4 rings (SSSR count). The molecule has 1 amide bonds. The van der Waals surface area contributed by atoms with Crippen molar-refractivity contribution in [2.45, 2.75) is 28.5 Å². The highest BCUT2D eigenvalue weighted by Gasteiger charge is 2.33. The van der Waals surface area contributed by atoms with Crippen LogP contribution in [-0.2, 0) is 40.9 Å². The van der Waals surface area contributed by atoms with Gasteiger partial charge >= 0.3 is 5.97 Å². The van der Waals surface area contributed by atoms with Crippen LogP contribution in [0, 0.1) is 5.92 Å². The number of nitrogens with two attached hydrogens (primary N) is 1. The van der Waals surface area contributed by atoms with Gasteiger partial charge in [-0.3, -0.25) is 9.59 Å². The number of rotatable bonds is 6. The number of thiazole rings is 1. The number of carbonyl (C=O) groups excluding carboxylic acids is 2. The normalized spacial score (nSPS) is 16.5. The van der Waals surface area contributed by atoms with Crippen molar-refractivity contribution in [1.82, 2.24) is 8.87 Å². The summed E-state index contributed by atoms with van der Waals surface area (Å²) in [7, 11) is -6.42. The lowest BCUT2D eigenvalue weighted by Crippen LogP contribution is -2.40. The van der Waals surface area contributed by atoms with Crippen LogP contribution in [0.15, 0.2) is 44.4 Å². The van der Waals surface area contributed by atoms with Gasteiger partial charge in [0.2, 0.25) is 10.0 Å². The first-order valence-corrected chi connectivity index (χ1v) is 15.5. The van der Waals surface area contributed by atoms with Gasteiger partial charge in [0.15, 0.2) is 4.80 Å². The highest BCUT2D eigenvalue weighted by molar-refractivity contribution is 7.91.